The molecule has 1 saturated heterocycles. The number of nitrogens with one attached hydrogen (secondary N) is 1. The predicted molar refractivity (Wildman–Crippen MR) is 155 cm³/mol. The van der Waals surface area contributed by atoms with Gasteiger partial charge in [-0.25, -0.2) is 4.98 Å². The van der Waals surface area contributed by atoms with E-state index in [2.05, 4.69) is 18.3 Å². The van der Waals surface area contributed by atoms with Gasteiger partial charge in [-0.15, -0.1) is 11.3 Å². The summed E-state index contributed by atoms with van der Waals surface area (Å²) in [5, 5.41) is 21.1. The van der Waals surface area contributed by atoms with E-state index in [1.165, 1.54) is 0 Å². The number of aromatic nitrogens is 1. The number of benzene rings is 3. The highest BCUT2D eigenvalue weighted by atomic mass is 32.2. The summed E-state index contributed by atoms with van der Waals surface area (Å²) < 4.78 is 15.2. The lowest BCUT2D eigenvalue weighted by Gasteiger charge is -2.41. The number of rotatable bonds is 10. The van der Waals surface area contributed by atoms with Gasteiger partial charge in [-0.3, -0.25) is 9.59 Å². The molecular weight excluding hydrogens is 548 g/mol. The van der Waals surface area contributed by atoms with Crippen LogP contribution in [-0.4, -0.2) is 38.9 Å². The second-order valence-corrected chi connectivity index (χ2v) is 11.9. The molecule has 0 saturated carbocycles. The number of carbonyl (C=O) groups excluding carboxylic acids is 1. The fourth-order valence-corrected chi connectivity index (χ4v) is 6.84. The van der Waals surface area contributed by atoms with Crippen LogP contribution in [0.2, 0.25) is 0 Å². The molecule has 0 radical (unpaired) electrons. The molecule has 0 aliphatic carbocycles. The number of thiazole rings is 1. The van der Waals surface area contributed by atoms with Gasteiger partial charge in [0, 0.05) is 29.3 Å². The van der Waals surface area contributed by atoms with Gasteiger partial charge in [0.1, 0.15) is 0 Å². The Bertz CT molecular complexity index is 1440. The first kappa shape index (κ1) is 28.3. The number of hydrogen-bond acceptors (Lipinski definition) is 8. The smallest absolute Gasteiger partial charge is 0.303 e. The van der Waals surface area contributed by atoms with Crippen LogP contribution >= 0.6 is 23.1 Å². The van der Waals surface area contributed by atoms with Crippen molar-refractivity contribution in [2.24, 2.45) is 5.92 Å². The Morgan fingerprint density at radius 3 is 2.55 bits per heavy atom. The van der Waals surface area contributed by atoms with Crippen molar-refractivity contribution >= 4 is 50.9 Å². The van der Waals surface area contributed by atoms with Crippen LogP contribution in [0.5, 0.6) is 0 Å². The molecule has 2 heterocycles. The van der Waals surface area contributed by atoms with Crippen molar-refractivity contribution in [3.63, 3.8) is 0 Å². The SMILES string of the molecule is C[C@@H]1[C@H](CSc2nc3ccccc3s2)O[C@H](c2cccc(NC(=O)CCC(=O)O)c2)O[C@@H]1c1ccc(CO)cc1. The fraction of sp³-hybridized carbons (Fsp3) is 0.300. The van der Waals surface area contributed by atoms with Crippen LogP contribution in [0.4, 0.5) is 5.69 Å². The van der Waals surface area contributed by atoms with Gasteiger partial charge in [-0.1, -0.05) is 67.2 Å². The summed E-state index contributed by atoms with van der Waals surface area (Å²) >= 11 is 3.33. The molecule has 1 aliphatic rings. The van der Waals surface area contributed by atoms with Crippen LogP contribution in [0.1, 0.15) is 48.8 Å². The molecule has 4 atom stereocenters. The third-order valence-corrected chi connectivity index (χ3v) is 9.05. The number of amides is 1. The van der Waals surface area contributed by atoms with E-state index >= 15 is 0 Å². The van der Waals surface area contributed by atoms with E-state index in [4.69, 9.17) is 19.6 Å². The van der Waals surface area contributed by atoms with Gasteiger partial charge < -0.3 is 25.0 Å². The number of para-hydroxylation sites is 1. The lowest BCUT2D eigenvalue weighted by Crippen LogP contribution is -2.38. The van der Waals surface area contributed by atoms with Crippen molar-refractivity contribution < 1.29 is 29.3 Å². The highest BCUT2D eigenvalue weighted by molar-refractivity contribution is 8.01. The van der Waals surface area contributed by atoms with Gasteiger partial charge in [0.25, 0.3) is 0 Å². The van der Waals surface area contributed by atoms with E-state index in [1.54, 1.807) is 35.2 Å². The number of carboxylic acid groups (broad SMARTS) is 1. The predicted octanol–water partition coefficient (Wildman–Crippen LogP) is 6.18. The summed E-state index contributed by atoms with van der Waals surface area (Å²) in [6, 6.07) is 23.1. The molecule has 4 aromatic rings. The van der Waals surface area contributed by atoms with Gasteiger partial charge in [0.2, 0.25) is 5.91 Å². The minimum atomic E-state index is -1.02. The summed E-state index contributed by atoms with van der Waals surface area (Å²) in [4.78, 5) is 27.8. The lowest BCUT2D eigenvalue weighted by molar-refractivity contribution is -0.268. The Labute approximate surface area is 240 Å². The molecule has 10 heteroatoms. The zero-order valence-corrected chi connectivity index (χ0v) is 23.5. The molecule has 1 aliphatic heterocycles. The Morgan fingerprint density at radius 1 is 1.00 bits per heavy atom. The molecule has 40 heavy (non-hydrogen) atoms. The van der Waals surface area contributed by atoms with Gasteiger partial charge in [0.15, 0.2) is 10.6 Å². The average Bonchev–Trinajstić information content (AvgIpc) is 3.39. The maximum atomic E-state index is 12.2. The maximum absolute atomic E-state index is 12.2. The number of aliphatic hydroxyl groups is 1. The second kappa shape index (κ2) is 12.9. The number of hydrogen-bond donors (Lipinski definition) is 3. The largest absolute Gasteiger partial charge is 0.481 e. The molecule has 8 nitrogen and oxygen atoms in total. The van der Waals surface area contributed by atoms with Crippen molar-refractivity contribution in [1.29, 1.82) is 0 Å². The topological polar surface area (TPSA) is 118 Å². The normalized spacial score (nSPS) is 20.9. The van der Waals surface area contributed by atoms with Crippen LogP contribution < -0.4 is 5.32 Å². The van der Waals surface area contributed by atoms with Crippen molar-refractivity contribution in [2.75, 3.05) is 11.1 Å². The van der Waals surface area contributed by atoms with Crippen molar-refractivity contribution in [3.05, 3.63) is 89.5 Å². The lowest BCUT2D eigenvalue weighted by atomic mass is 9.91. The molecule has 5 rings (SSSR count). The number of thioether (sulfide) groups is 1. The number of ether oxygens (including phenoxy) is 2. The number of anilines is 1. The van der Waals surface area contributed by atoms with E-state index in [9.17, 15) is 14.7 Å². The summed E-state index contributed by atoms with van der Waals surface area (Å²) in [7, 11) is 0. The summed E-state index contributed by atoms with van der Waals surface area (Å²) in [6.07, 6.45) is -1.45. The highest BCUT2D eigenvalue weighted by Crippen LogP contribution is 2.43. The Morgan fingerprint density at radius 2 is 1.80 bits per heavy atom. The summed E-state index contributed by atoms with van der Waals surface area (Å²) in [5.41, 5.74) is 4.09. The molecule has 3 aromatic carbocycles. The number of fused-ring (bicyclic) bond motifs is 1. The van der Waals surface area contributed by atoms with Gasteiger partial charge in [-0.2, -0.15) is 0 Å². The quantitative estimate of drug-likeness (QED) is 0.191. The van der Waals surface area contributed by atoms with Crippen molar-refractivity contribution in [3.8, 4) is 0 Å². The van der Waals surface area contributed by atoms with E-state index in [1.807, 2.05) is 54.6 Å². The third-order valence-electron chi connectivity index (χ3n) is 6.78. The molecule has 3 N–H and O–H groups in total. The zero-order chi connectivity index (χ0) is 28.1. The van der Waals surface area contributed by atoms with Crippen molar-refractivity contribution in [2.45, 2.75) is 49.2 Å². The number of carbonyl (C=O) groups is 2. The minimum Gasteiger partial charge on any atom is -0.481 e. The molecular formula is C30H30N2O6S2. The van der Waals surface area contributed by atoms with E-state index in [-0.39, 0.29) is 43.5 Å². The average molecular weight is 579 g/mol. The number of aliphatic hydroxyl groups excluding tert-OH is 1. The first-order chi connectivity index (χ1) is 19.4. The molecule has 0 spiro atoms. The third kappa shape index (κ3) is 6.89. The highest BCUT2D eigenvalue weighted by Gasteiger charge is 2.38. The molecule has 1 fully saturated rings. The van der Waals surface area contributed by atoms with Gasteiger partial charge in [-0.05, 0) is 35.4 Å². The Balaban J connectivity index is 1.36. The molecule has 0 bridgehead atoms. The summed E-state index contributed by atoms with van der Waals surface area (Å²) in [5.74, 6) is -0.685. The van der Waals surface area contributed by atoms with E-state index in [0.29, 0.717) is 11.4 Å². The van der Waals surface area contributed by atoms with Crippen LogP contribution in [-0.2, 0) is 25.7 Å². The zero-order valence-electron chi connectivity index (χ0n) is 21.9. The van der Waals surface area contributed by atoms with Crippen LogP contribution in [0.25, 0.3) is 10.2 Å². The first-order valence-electron chi connectivity index (χ1n) is 13.0. The first-order valence-corrected chi connectivity index (χ1v) is 14.8. The van der Waals surface area contributed by atoms with Crippen molar-refractivity contribution in [1.82, 2.24) is 4.98 Å². The Hall–Kier alpha value is -3.28. The van der Waals surface area contributed by atoms with Gasteiger partial charge >= 0.3 is 5.97 Å². The maximum Gasteiger partial charge on any atom is 0.303 e. The fourth-order valence-electron chi connectivity index (χ4n) is 4.58. The molecule has 1 aromatic heterocycles. The van der Waals surface area contributed by atoms with Crippen LogP contribution in [0.15, 0.2) is 77.1 Å². The second-order valence-electron chi connectivity index (χ2n) is 9.65. The van der Waals surface area contributed by atoms with Crippen LogP contribution in [0, 0.1) is 5.92 Å². The standard InChI is InChI=1S/C30H30N2O6S2/c1-18-24(17-39-30-32-23-7-2-3-8-25(23)40-30)37-29(38-28(18)20-11-9-19(16-33)10-12-20)21-5-4-6-22(15-21)31-26(34)13-14-27(35)36/h2-12,15,18,24,28-29,33H,13-14,16-17H2,1H3,(H,31,34)(H,35,36)/t18-,24+,28+,29+/m1/s1. The summed E-state index contributed by atoms with van der Waals surface area (Å²) in [6.45, 7) is 2.09. The van der Waals surface area contributed by atoms with Crippen LogP contribution in [0.3, 0.4) is 0 Å². The molecule has 1 amide bonds. The Kier molecular flexibility index (Phi) is 9.13. The monoisotopic (exact) mass is 578 g/mol. The number of aliphatic carboxylic acids is 1. The van der Waals surface area contributed by atoms with E-state index < -0.39 is 12.3 Å². The number of carboxylic acids is 1. The van der Waals surface area contributed by atoms with Gasteiger partial charge in [0.05, 0.1) is 35.5 Å². The molecule has 0 unspecified atom stereocenters. The minimum absolute atomic E-state index is 0.0250. The van der Waals surface area contributed by atoms with E-state index in [0.717, 1.165) is 31.2 Å². The molecule has 208 valence electrons. The number of nitrogens with zero attached hydrogens (tertiary/aromatic N) is 1.